The molecule has 0 unspecified atom stereocenters. The van der Waals surface area contributed by atoms with Gasteiger partial charge in [0.1, 0.15) is 0 Å². The van der Waals surface area contributed by atoms with E-state index in [4.69, 9.17) is 11.6 Å². The molecule has 0 heterocycles. The monoisotopic (exact) mass is 231 g/mol. The fourth-order valence-electron chi connectivity index (χ4n) is 0.950. The molecular weight excluding hydrogens is 224 g/mol. The van der Waals surface area contributed by atoms with Crippen LogP contribution in [0.25, 0.3) is 0 Å². The van der Waals surface area contributed by atoms with Gasteiger partial charge in [-0.2, -0.15) is 0 Å². The van der Waals surface area contributed by atoms with Gasteiger partial charge < -0.3 is 0 Å². The normalized spacial score (nSPS) is 11.2. The number of sulfone groups is 1. The van der Waals surface area contributed by atoms with Crippen molar-refractivity contribution in [1.29, 1.82) is 0 Å². The second-order valence-corrected chi connectivity index (χ2v) is 5.12. The van der Waals surface area contributed by atoms with Crippen molar-refractivity contribution in [3.8, 4) is 0 Å². The largest absolute Gasteiger partial charge is 0.285 e. The topological polar surface area (TPSA) is 51.2 Å². The molecule has 0 atom stereocenters. The van der Waals surface area contributed by atoms with E-state index in [9.17, 15) is 13.2 Å². The van der Waals surface area contributed by atoms with Crippen molar-refractivity contribution in [2.75, 3.05) is 11.6 Å². The summed E-state index contributed by atoms with van der Waals surface area (Å²) in [6.45, 7) is 0. The van der Waals surface area contributed by atoms with Crippen LogP contribution in [0.5, 0.6) is 0 Å². The number of benzene rings is 1. The summed E-state index contributed by atoms with van der Waals surface area (Å²) >= 11 is 5.35. The lowest BCUT2D eigenvalue weighted by molar-refractivity contribution is 0.562. The van der Waals surface area contributed by atoms with Crippen LogP contribution >= 0.6 is 11.6 Å². The summed E-state index contributed by atoms with van der Waals surface area (Å²) in [5.41, 5.74) is 0.329. The van der Waals surface area contributed by atoms with Crippen LogP contribution in [0, 0.1) is 0 Å². The zero-order valence-corrected chi connectivity index (χ0v) is 8.81. The summed E-state index contributed by atoms with van der Waals surface area (Å²) in [5.74, 6) is -0.0391. The number of hydrogen-bond donors (Lipinski definition) is 0. The molecule has 0 aromatic heterocycles. The molecule has 1 aromatic rings. The summed E-state index contributed by atoms with van der Waals surface area (Å²) in [4.78, 5) is 10.4. The van der Waals surface area contributed by atoms with E-state index in [-0.39, 0.29) is 16.5 Å². The second-order valence-electron chi connectivity index (χ2n) is 2.63. The number of halogens is 1. The average molecular weight is 232 g/mol. The summed E-state index contributed by atoms with van der Waals surface area (Å²) in [6, 6.07) is 5.58. The smallest absolute Gasteiger partial charge is 0.233 e. The Morgan fingerprint density at radius 3 is 2.21 bits per heavy atom. The minimum atomic E-state index is -3.30. The maximum atomic E-state index is 11.4. The van der Waals surface area contributed by atoms with Crippen LogP contribution < -0.4 is 0 Å². The molecule has 5 heteroatoms. The predicted octanol–water partition coefficient (Wildman–Crippen LogP) is 1.16. The Bertz CT molecular complexity index is 408. The Morgan fingerprint density at radius 1 is 1.21 bits per heavy atom. The zero-order chi connectivity index (χ0) is 10.6. The molecule has 75 valence electrons. The lowest BCUT2D eigenvalue weighted by atomic mass is 10.2. The summed E-state index contributed by atoms with van der Waals surface area (Å²) < 4.78 is 22.9. The maximum absolute atomic E-state index is 11.4. The van der Waals surface area contributed by atoms with Crippen molar-refractivity contribution in [2.24, 2.45) is 0 Å². The highest BCUT2D eigenvalue weighted by molar-refractivity contribution is 7.91. The van der Waals surface area contributed by atoms with Crippen molar-refractivity contribution in [2.45, 2.75) is 4.90 Å². The van der Waals surface area contributed by atoms with E-state index in [1.54, 1.807) is 6.29 Å². The van der Waals surface area contributed by atoms with Crippen molar-refractivity contribution in [3.63, 3.8) is 0 Å². The Labute approximate surface area is 87.6 Å². The predicted molar refractivity (Wildman–Crippen MR) is 54.0 cm³/mol. The summed E-state index contributed by atoms with van der Waals surface area (Å²) in [5, 5.41) is 0. The molecule has 1 radical (unpaired) electrons. The van der Waals surface area contributed by atoms with Crippen molar-refractivity contribution >= 4 is 27.7 Å². The Hall–Kier alpha value is -0.870. The van der Waals surface area contributed by atoms with Gasteiger partial charge in [-0.05, 0) is 24.3 Å². The highest BCUT2D eigenvalue weighted by atomic mass is 35.5. The second kappa shape index (κ2) is 4.57. The van der Waals surface area contributed by atoms with Crippen molar-refractivity contribution in [1.82, 2.24) is 0 Å². The van der Waals surface area contributed by atoms with E-state index in [0.717, 1.165) is 0 Å². The van der Waals surface area contributed by atoms with E-state index in [1.807, 2.05) is 0 Å². The number of carbonyl (C=O) groups excluding carboxylic acids is 1. The first kappa shape index (κ1) is 11.2. The van der Waals surface area contributed by atoms with Gasteiger partial charge in [0.05, 0.1) is 10.6 Å². The van der Waals surface area contributed by atoms with Gasteiger partial charge in [0.2, 0.25) is 6.29 Å². The molecule has 3 nitrogen and oxygen atoms in total. The average Bonchev–Trinajstić information content (AvgIpc) is 2.18. The fraction of sp³-hybridized carbons (Fsp3) is 0.222. The number of hydrogen-bond acceptors (Lipinski definition) is 3. The van der Waals surface area contributed by atoms with E-state index < -0.39 is 9.84 Å². The molecule has 1 aromatic carbocycles. The van der Waals surface area contributed by atoms with Crippen LogP contribution in [0.4, 0.5) is 0 Å². The van der Waals surface area contributed by atoms with Crippen LogP contribution in [0.15, 0.2) is 29.2 Å². The molecule has 0 aliphatic carbocycles. The first-order valence-electron chi connectivity index (χ1n) is 3.87. The molecule has 1 rings (SSSR count). The highest BCUT2D eigenvalue weighted by Gasteiger charge is 2.12. The number of rotatable bonds is 4. The van der Waals surface area contributed by atoms with Crippen LogP contribution in [0.1, 0.15) is 5.56 Å². The molecule has 0 saturated heterocycles. The van der Waals surface area contributed by atoms with Crippen LogP contribution in [-0.2, 0) is 14.6 Å². The van der Waals surface area contributed by atoms with E-state index >= 15 is 0 Å². The lowest BCUT2D eigenvalue weighted by Gasteiger charge is -2.01. The minimum absolute atomic E-state index is 0.0594. The third-order valence-electron chi connectivity index (χ3n) is 1.68. The SMILES string of the molecule is O=[C]c1ccc(S(=O)(=O)CCCl)cc1. The van der Waals surface area contributed by atoms with Crippen LogP contribution in [0.3, 0.4) is 0 Å². The summed E-state index contributed by atoms with van der Waals surface area (Å²) in [6.07, 6.45) is 1.67. The summed E-state index contributed by atoms with van der Waals surface area (Å²) in [7, 11) is -3.30. The molecule has 0 aliphatic rings. The van der Waals surface area contributed by atoms with Crippen LogP contribution in [0.2, 0.25) is 0 Å². The van der Waals surface area contributed by atoms with Gasteiger partial charge in [0.15, 0.2) is 9.84 Å². The van der Waals surface area contributed by atoms with Gasteiger partial charge in [0, 0.05) is 11.4 Å². The highest BCUT2D eigenvalue weighted by Crippen LogP contribution is 2.11. The molecular formula is C9H8ClO3S. The fourth-order valence-corrected chi connectivity index (χ4v) is 2.55. The minimum Gasteiger partial charge on any atom is -0.285 e. The van der Waals surface area contributed by atoms with Gasteiger partial charge in [-0.1, -0.05) is 0 Å². The molecule has 0 bridgehead atoms. The molecule has 0 spiro atoms. The Morgan fingerprint density at radius 2 is 1.79 bits per heavy atom. The van der Waals surface area contributed by atoms with E-state index in [0.29, 0.717) is 5.56 Å². The Balaban J connectivity index is 3.03. The van der Waals surface area contributed by atoms with Gasteiger partial charge >= 0.3 is 0 Å². The molecule has 0 fully saturated rings. The van der Waals surface area contributed by atoms with Gasteiger partial charge in [-0.15, -0.1) is 11.6 Å². The molecule has 14 heavy (non-hydrogen) atoms. The lowest BCUT2D eigenvalue weighted by Crippen LogP contribution is -2.07. The number of alkyl halides is 1. The third kappa shape index (κ3) is 2.56. The van der Waals surface area contributed by atoms with Crippen molar-refractivity contribution < 1.29 is 13.2 Å². The van der Waals surface area contributed by atoms with Crippen LogP contribution in [-0.4, -0.2) is 26.3 Å². The quantitative estimate of drug-likeness (QED) is 0.731. The standard InChI is InChI=1S/C9H8ClO3S/c10-5-6-14(12,13)9-3-1-8(7-11)2-4-9/h1-4H,5-6H2. The van der Waals surface area contributed by atoms with Crippen molar-refractivity contribution in [3.05, 3.63) is 29.8 Å². The maximum Gasteiger partial charge on any atom is 0.233 e. The zero-order valence-electron chi connectivity index (χ0n) is 7.23. The first-order valence-corrected chi connectivity index (χ1v) is 6.06. The Kier molecular flexibility index (Phi) is 3.66. The van der Waals surface area contributed by atoms with E-state index in [2.05, 4.69) is 0 Å². The molecule has 0 N–H and O–H groups in total. The van der Waals surface area contributed by atoms with E-state index in [1.165, 1.54) is 24.3 Å². The first-order chi connectivity index (χ1) is 6.60. The van der Waals surface area contributed by atoms with Gasteiger partial charge in [-0.25, -0.2) is 8.42 Å². The molecule has 0 saturated carbocycles. The molecule has 0 amide bonds. The van der Waals surface area contributed by atoms with Gasteiger partial charge in [0.25, 0.3) is 0 Å². The third-order valence-corrected chi connectivity index (χ3v) is 3.82. The molecule has 0 aliphatic heterocycles. The van der Waals surface area contributed by atoms with Gasteiger partial charge in [-0.3, -0.25) is 4.79 Å².